The first-order chi connectivity index (χ1) is 14.3. The van der Waals surface area contributed by atoms with Crippen LogP contribution in [0.2, 0.25) is 0 Å². The van der Waals surface area contributed by atoms with Crippen molar-refractivity contribution in [2.75, 3.05) is 20.1 Å². The monoisotopic (exact) mass is 434 g/mol. The number of aliphatic imine (C=N–C) groups is 1. The number of carbonyl (C=O) groups is 2. The maximum atomic E-state index is 13.5. The van der Waals surface area contributed by atoms with Crippen LogP contribution in [0, 0.1) is 17.7 Å². The van der Waals surface area contributed by atoms with Gasteiger partial charge in [-0.2, -0.15) is 0 Å². The molecule has 2 amide bonds. The Bertz CT molecular complexity index is 818. The molecule has 0 bridgehead atoms. The standard InChI is InChI=1S/C22H31FN4O2S/c1-5-7-14(2)20(28)27-9-6-8-16(13-27)21(29)26(4)22-15(3)25-19(30-22)17-10-18(23)12-24-11-17/h10-12,14-16,22H,5-9,13H2,1-4H3. The number of piperidine rings is 1. The van der Waals surface area contributed by atoms with Crippen LogP contribution in [0.25, 0.3) is 0 Å². The van der Waals surface area contributed by atoms with Crippen LogP contribution in [0.3, 0.4) is 0 Å². The lowest BCUT2D eigenvalue weighted by Crippen LogP contribution is -2.49. The summed E-state index contributed by atoms with van der Waals surface area (Å²) < 4.78 is 13.5. The molecule has 0 N–H and O–H groups in total. The minimum atomic E-state index is -0.402. The fourth-order valence-electron chi connectivity index (χ4n) is 4.23. The fraction of sp³-hybridized carbons (Fsp3) is 0.636. The number of pyridine rings is 1. The number of amides is 2. The number of hydrogen-bond acceptors (Lipinski definition) is 5. The van der Waals surface area contributed by atoms with E-state index in [0.717, 1.165) is 38.4 Å². The maximum Gasteiger partial charge on any atom is 0.228 e. The Hall–Kier alpha value is -1.96. The molecule has 8 heteroatoms. The Labute approximate surface area is 182 Å². The first kappa shape index (κ1) is 22.7. The van der Waals surface area contributed by atoms with Crippen LogP contribution in [0.15, 0.2) is 23.5 Å². The summed E-state index contributed by atoms with van der Waals surface area (Å²) in [6, 6.07) is 1.31. The topological polar surface area (TPSA) is 65.9 Å². The number of hydrogen-bond donors (Lipinski definition) is 0. The first-order valence-electron chi connectivity index (χ1n) is 10.7. The lowest BCUT2D eigenvalue weighted by atomic mass is 9.94. The molecule has 4 atom stereocenters. The Balaban J connectivity index is 1.63. The molecule has 6 nitrogen and oxygen atoms in total. The number of likely N-dealkylation sites (N-methyl/N-ethyl adjacent to an activating group) is 1. The van der Waals surface area contributed by atoms with Crippen molar-refractivity contribution in [1.29, 1.82) is 0 Å². The molecular weight excluding hydrogens is 403 g/mol. The number of nitrogens with zero attached hydrogens (tertiary/aromatic N) is 4. The number of rotatable bonds is 6. The summed E-state index contributed by atoms with van der Waals surface area (Å²) in [6.07, 6.45) is 6.25. The largest absolute Gasteiger partial charge is 0.342 e. The molecule has 3 heterocycles. The molecule has 164 valence electrons. The minimum absolute atomic E-state index is 0.00262. The zero-order valence-electron chi connectivity index (χ0n) is 18.2. The van der Waals surface area contributed by atoms with Gasteiger partial charge in [-0.3, -0.25) is 19.6 Å². The zero-order valence-corrected chi connectivity index (χ0v) is 19.0. The van der Waals surface area contributed by atoms with Crippen molar-refractivity contribution in [2.24, 2.45) is 16.8 Å². The van der Waals surface area contributed by atoms with E-state index in [1.807, 2.05) is 18.7 Å². The molecule has 2 aliphatic rings. The first-order valence-corrected chi connectivity index (χ1v) is 11.6. The normalized spacial score (nSPS) is 25.0. The van der Waals surface area contributed by atoms with E-state index in [-0.39, 0.29) is 35.1 Å². The molecule has 0 aliphatic carbocycles. The van der Waals surface area contributed by atoms with E-state index in [0.29, 0.717) is 17.2 Å². The minimum Gasteiger partial charge on any atom is -0.342 e. The Kier molecular flexibility index (Phi) is 7.50. The number of likely N-dealkylation sites (tertiary alicyclic amines) is 1. The van der Waals surface area contributed by atoms with Gasteiger partial charge in [0.05, 0.1) is 18.2 Å². The third-order valence-corrected chi connectivity index (χ3v) is 7.39. The molecule has 0 radical (unpaired) electrons. The highest BCUT2D eigenvalue weighted by molar-refractivity contribution is 8.15. The van der Waals surface area contributed by atoms with Gasteiger partial charge in [0.15, 0.2) is 0 Å². The summed E-state index contributed by atoms with van der Waals surface area (Å²) in [4.78, 5) is 38.1. The van der Waals surface area contributed by atoms with E-state index in [1.54, 1.807) is 18.1 Å². The van der Waals surface area contributed by atoms with Crippen molar-refractivity contribution < 1.29 is 14.0 Å². The molecule has 0 saturated carbocycles. The highest BCUT2D eigenvalue weighted by Crippen LogP contribution is 2.33. The van der Waals surface area contributed by atoms with Crippen molar-refractivity contribution >= 4 is 28.6 Å². The zero-order chi connectivity index (χ0) is 21.8. The molecule has 1 aromatic rings. The molecule has 30 heavy (non-hydrogen) atoms. The van der Waals surface area contributed by atoms with Crippen LogP contribution in [-0.2, 0) is 9.59 Å². The molecule has 2 aliphatic heterocycles. The van der Waals surface area contributed by atoms with Crippen molar-refractivity contribution in [2.45, 2.75) is 57.9 Å². The summed E-state index contributed by atoms with van der Waals surface area (Å²) in [6.45, 7) is 7.24. The molecule has 0 aromatic carbocycles. The number of halogens is 1. The van der Waals surface area contributed by atoms with Crippen LogP contribution in [0.4, 0.5) is 4.39 Å². The Morgan fingerprint density at radius 1 is 1.40 bits per heavy atom. The molecule has 0 spiro atoms. The third-order valence-electron chi connectivity index (χ3n) is 5.87. The molecule has 3 rings (SSSR count). The van der Waals surface area contributed by atoms with Crippen LogP contribution in [0.1, 0.15) is 52.0 Å². The predicted octanol–water partition coefficient (Wildman–Crippen LogP) is 3.56. The van der Waals surface area contributed by atoms with Crippen LogP contribution >= 0.6 is 11.8 Å². The maximum absolute atomic E-state index is 13.5. The molecule has 4 unspecified atom stereocenters. The van der Waals surface area contributed by atoms with E-state index >= 15 is 0 Å². The molecular formula is C22H31FN4O2S. The second kappa shape index (κ2) is 9.90. The summed E-state index contributed by atoms with van der Waals surface area (Å²) in [5.41, 5.74) is 0.634. The molecule has 1 fully saturated rings. The van der Waals surface area contributed by atoms with Gasteiger partial charge in [-0.15, -0.1) is 0 Å². The van der Waals surface area contributed by atoms with E-state index in [2.05, 4.69) is 16.9 Å². The summed E-state index contributed by atoms with van der Waals surface area (Å²) in [5.74, 6) is -0.378. The van der Waals surface area contributed by atoms with Crippen LogP contribution in [0.5, 0.6) is 0 Å². The van der Waals surface area contributed by atoms with Crippen molar-refractivity contribution in [3.8, 4) is 0 Å². The highest BCUT2D eigenvalue weighted by atomic mass is 32.2. The Morgan fingerprint density at radius 2 is 2.17 bits per heavy atom. The van der Waals surface area contributed by atoms with Gasteiger partial charge in [0.25, 0.3) is 0 Å². The average Bonchev–Trinajstić information content (AvgIpc) is 3.14. The van der Waals surface area contributed by atoms with E-state index in [4.69, 9.17) is 0 Å². The van der Waals surface area contributed by atoms with Crippen molar-refractivity contribution in [3.05, 3.63) is 29.8 Å². The van der Waals surface area contributed by atoms with Crippen LogP contribution in [-0.4, -0.2) is 63.2 Å². The Morgan fingerprint density at radius 3 is 2.87 bits per heavy atom. The second-order valence-electron chi connectivity index (χ2n) is 8.34. The van der Waals surface area contributed by atoms with E-state index < -0.39 is 5.82 Å². The van der Waals surface area contributed by atoms with Gasteiger partial charge < -0.3 is 9.80 Å². The van der Waals surface area contributed by atoms with Gasteiger partial charge in [-0.1, -0.05) is 32.0 Å². The third kappa shape index (κ3) is 5.02. The van der Waals surface area contributed by atoms with Gasteiger partial charge in [0, 0.05) is 37.8 Å². The van der Waals surface area contributed by atoms with E-state index in [1.165, 1.54) is 17.8 Å². The van der Waals surface area contributed by atoms with Gasteiger partial charge >= 0.3 is 0 Å². The summed E-state index contributed by atoms with van der Waals surface area (Å²) in [7, 11) is 1.80. The SMILES string of the molecule is CCCC(C)C(=O)N1CCCC(C(=O)N(C)C2SC(c3cncc(F)c3)=NC2C)C1. The lowest BCUT2D eigenvalue weighted by molar-refractivity contribution is -0.142. The quantitative estimate of drug-likeness (QED) is 0.687. The van der Waals surface area contributed by atoms with Crippen LogP contribution < -0.4 is 0 Å². The molecule has 1 saturated heterocycles. The number of carbonyl (C=O) groups excluding carboxylic acids is 2. The molecule has 1 aromatic heterocycles. The number of thioether (sulfide) groups is 1. The second-order valence-corrected chi connectivity index (χ2v) is 9.44. The lowest BCUT2D eigenvalue weighted by Gasteiger charge is -2.37. The van der Waals surface area contributed by atoms with Crippen molar-refractivity contribution in [3.63, 3.8) is 0 Å². The van der Waals surface area contributed by atoms with Gasteiger partial charge in [0.2, 0.25) is 11.8 Å². The average molecular weight is 435 g/mol. The smallest absolute Gasteiger partial charge is 0.228 e. The van der Waals surface area contributed by atoms with Crippen molar-refractivity contribution in [1.82, 2.24) is 14.8 Å². The number of aromatic nitrogens is 1. The van der Waals surface area contributed by atoms with E-state index in [9.17, 15) is 14.0 Å². The van der Waals surface area contributed by atoms with Gasteiger partial charge in [-0.25, -0.2) is 4.39 Å². The predicted molar refractivity (Wildman–Crippen MR) is 118 cm³/mol. The van der Waals surface area contributed by atoms with Gasteiger partial charge in [-0.05, 0) is 32.3 Å². The summed E-state index contributed by atoms with van der Waals surface area (Å²) >= 11 is 1.47. The fourth-order valence-corrected chi connectivity index (χ4v) is 5.45. The summed E-state index contributed by atoms with van der Waals surface area (Å²) in [5, 5.41) is 0.550. The van der Waals surface area contributed by atoms with Gasteiger partial charge in [0.1, 0.15) is 16.2 Å². The highest BCUT2D eigenvalue weighted by Gasteiger charge is 2.38.